The van der Waals surface area contributed by atoms with Crippen molar-refractivity contribution in [1.82, 2.24) is 20.1 Å². The largest absolute Gasteiger partial charge is 0.342 e. The van der Waals surface area contributed by atoms with E-state index in [2.05, 4.69) is 36.8 Å². The number of anilines is 1. The van der Waals surface area contributed by atoms with Crippen molar-refractivity contribution in [1.29, 1.82) is 0 Å². The molecule has 0 radical (unpaired) electrons. The number of benzene rings is 2. The van der Waals surface area contributed by atoms with Gasteiger partial charge in [0.2, 0.25) is 5.91 Å². The lowest BCUT2D eigenvalue weighted by Gasteiger charge is -2.15. The predicted octanol–water partition coefficient (Wildman–Crippen LogP) is 6.21. The van der Waals surface area contributed by atoms with Gasteiger partial charge in [-0.15, -0.1) is 10.2 Å². The van der Waals surface area contributed by atoms with Gasteiger partial charge in [0.15, 0.2) is 11.0 Å². The van der Waals surface area contributed by atoms with E-state index >= 15 is 0 Å². The summed E-state index contributed by atoms with van der Waals surface area (Å²) in [4.78, 5) is 25.2. The zero-order valence-electron chi connectivity index (χ0n) is 19.1. The minimum Gasteiger partial charge on any atom is -0.342 e. The van der Waals surface area contributed by atoms with Gasteiger partial charge >= 0.3 is 0 Å². The Bertz CT molecular complexity index is 1230. The number of hydrogen-bond acceptors (Lipinski definition) is 5. The molecule has 7 nitrogen and oxygen atoms in total. The maximum atomic E-state index is 12.7. The van der Waals surface area contributed by atoms with Crippen molar-refractivity contribution < 1.29 is 9.59 Å². The Hall–Kier alpha value is -2.07. The quantitative estimate of drug-likeness (QED) is 0.307. The molecule has 0 aliphatic rings. The Morgan fingerprint density at radius 3 is 2.53 bits per heavy atom. The highest BCUT2D eigenvalue weighted by atomic mass is 79.9. The molecule has 2 N–H and O–H groups in total. The molecule has 34 heavy (non-hydrogen) atoms. The highest BCUT2D eigenvalue weighted by Gasteiger charge is 2.21. The number of nitrogens with zero attached hydrogens (tertiary/aromatic N) is 3. The summed E-state index contributed by atoms with van der Waals surface area (Å²) in [5.74, 6) is 0.256. The first kappa shape index (κ1) is 26.5. The summed E-state index contributed by atoms with van der Waals surface area (Å²) in [6, 6.07) is 8.19. The highest BCUT2D eigenvalue weighted by Crippen LogP contribution is 2.27. The Labute approximate surface area is 221 Å². The van der Waals surface area contributed by atoms with Gasteiger partial charge in [-0.05, 0) is 85.1 Å². The summed E-state index contributed by atoms with van der Waals surface area (Å²) in [5.41, 5.74) is 3.28. The molecule has 0 unspecified atom stereocenters. The molecule has 2 amide bonds. The fourth-order valence-corrected chi connectivity index (χ4v) is 5.09. The summed E-state index contributed by atoms with van der Waals surface area (Å²) in [6.45, 7) is 8.36. The standard InChI is InChI=1S/C23H24BrCl2N5O2S/c1-5-31-21(14(4)27-22(33)16-7-6-15(25)10-18(16)26)29-30-23(31)34-11-20(32)28-19-9-13(3)12(2)8-17(19)24/h6-10,14H,5,11H2,1-4H3,(H,27,33)(H,28,32)/t14-/m1/s1. The predicted molar refractivity (Wildman–Crippen MR) is 141 cm³/mol. The number of rotatable bonds is 8. The number of nitrogens with one attached hydrogen (secondary N) is 2. The summed E-state index contributed by atoms with van der Waals surface area (Å²) in [6.07, 6.45) is 0. The van der Waals surface area contributed by atoms with Gasteiger partial charge in [0.05, 0.1) is 28.1 Å². The van der Waals surface area contributed by atoms with Gasteiger partial charge in [-0.2, -0.15) is 0 Å². The highest BCUT2D eigenvalue weighted by molar-refractivity contribution is 9.10. The van der Waals surface area contributed by atoms with Crippen LogP contribution in [-0.2, 0) is 11.3 Å². The Kier molecular flexibility index (Phi) is 9.03. The minimum absolute atomic E-state index is 0.153. The zero-order chi connectivity index (χ0) is 25.0. The summed E-state index contributed by atoms with van der Waals surface area (Å²) >= 11 is 16.8. The molecule has 0 saturated carbocycles. The van der Waals surface area contributed by atoms with Gasteiger partial charge in [0, 0.05) is 16.0 Å². The minimum atomic E-state index is -0.429. The molecule has 0 bridgehead atoms. The lowest BCUT2D eigenvalue weighted by Crippen LogP contribution is -2.29. The van der Waals surface area contributed by atoms with Crippen molar-refractivity contribution >= 4 is 68.4 Å². The Morgan fingerprint density at radius 2 is 1.85 bits per heavy atom. The Morgan fingerprint density at radius 1 is 1.15 bits per heavy atom. The molecule has 0 saturated heterocycles. The number of aryl methyl sites for hydroxylation is 2. The smallest absolute Gasteiger partial charge is 0.253 e. The van der Waals surface area contributed by atoms with Gasteiger partial charge < -0.3 is 15.2 Å². The van der Waals surface area contributed by atoms with Crippen LogP contribution in [0.4, 0.5) is 5.69 Å². The van der Waals surface area contributed by atoms with Crippen LogP contribution in [0.1, 0.15) is 47.2 Å². The SMILES string of the molecule is CCn1c(SCC(=O)Nc2cc(C)c(C)cc2Br)nnc1[C@@H](C)NC(=O)c1ccc(Cl)cc1Cl. The maximum Gasteiger partial charge on any atom is 0.253 e. The van der Waals surface area contributed by atoms with Crippen LogP contribution < -0.4 is 10.6 Å². The molecule has 2 aromatic carbocycles. The van der Waals surface area contributed by atoms with Crippen LogP contribution in [-0.4, -0.2) is 32.3 Å². The van der Waals surface area contributed by atoms with Gasteiger partial charge in [-0.1, -0.05) is 35.0 Å². The molecule has 3 rings (SSSR count). The van der Waals surface area contributed by atoms with E-state index in [9.17, 15) is 9.59 Å². The molecule has 1 heterocycles. The van der Waals surface area contributed by atoms with Crippen molar-refractivity contribution in [2.45, 2.75) is 45.4 Å². The van der Waals surface area contributed by atoms with E-state index in [-0.39, 0.29) is 22.6 Å². The second-order valence-electron chi connectivity index (χ2n) is 7.66. The molecular weight excluding hydrogens is 561 g/mol. The third kappa shape index (κ3) is 6.33. The van der Waals surface area contributed by atoms with Crippen molar-refractivity contribution in [3.05, 3.63) is 67.4 Å². The van der Waals surface area contributed by atoms with Gasteiger partial charge in [-0.3, -0.25) is 9.59 Å². The van der Waals surface area contributed by atoms with E-state index in [1.54, 1.807) is 12.1 Å². The molecule has 0 aliphatic heterocycles. The first-order chi connectivity index (χ1) is 16.1. The van der Waals surface area contributed by atoms with Gasteiger partial charge in [0.25, 0.3) is 5.91 Å². The van der Waals surface area contributed by atoms with Crippen molar-refractivity contribution in [2.24, 2.45) is 0 Å². The third-order valence-electron chi connectivity index (χ3n) is 5.16. The molecule has 0 aliphatic carbocycles. The molecule has 1 atom stereocenters. The van der Waals surface area contributed by atoms with E-state index < -0.39 is 6.04 Å². The van der Waals surface area contributed by atoms with E-state index in [0.29, 0.717) is 28.1 Å². The van der Waals surface area contributed by atoms with E-state index in [4.69, 9.17) is 23.2 Å². The maximum absolute atomic E-state index is 12.7. The zero-order valence-corrected chi connectivity index (χ0v) is 23.0. The topological polar surface area (TPSA) is 88.9 Å². The fraction of sp³-hybridized carbons (Fsp3) is 0.304. The van der Waals surface area contributed by atoms with Crippen LogP contribution in [0, 0.1) is 13.8 Å². The van der Waals surface area contributed by atoms with Crippen molar-refractivity contribution in [2.75, 3.05) is 11.1 Å². The van der Waals surface area contributed by atoms with Crippen LogP contribution in [0.2, 0.25) is 10.0 Å². The number of halogens is 3. The number of thioether (sulfide) groups is 1. The van der Waals surface area contributed by atoms with Crippen LogP contribution in [0.15, 0.2) is 40.0 Å². The normalized spacial score (nSPS) is 11.9. The van der Waals surface area contributed by atoms with Crippen LogP contribution in [0.3, 0.4) is 0 Å². The summed E-state index contributed by atoms with van der Waals surface area (Å²) < 4.78 is 2.71. The van der Waals surface area contributed by atoms with E-state index in [1.807, 2.05) is 44.4 Å². The Balaban J connectivity index is 1.66. The van der Waals surface area contributed by atoms with Crippen molar-refractivity contribution in [3.63, 3.8) is 0 Å². The molecule has 1 aromatic heterocycles. The number of carbonyl (C=O) groups is 2. The van der Waals surface area contributed by atoms with E-state index in [0.717, 1.165) is 21.3 Å². The first-order valence-electron chi connectivity index (χ1n) is 10.5. The second kappa shape index (κ2) is 11.6. The summed E-state index contributed by atoms with van der Waals surface area (Å²) in [7, 11) is 0. The van der Waals surface area contributed by atoms with Gasteiger partial charge in [0.1, 0.15) is 0 Å². The molecule has 0 fully saturated rings. The number of hydrogen-bond donors (Lipinski definition) is 2. The fourth-order valence-electron chi connectivity index (χ4n) is 3.23. The van der Waals surface area contributed by atoms with Crippen LogP contribution in [0.5, 0.6) is 0 Å². The molecule has 3 aromatic rings. The lowest BCUT2D eigenvalue weighted by molar-refractivity contribution is -0.113. The van der Waals surface area contributed by atoms with Gasteiger partial charge in [-0.25, -0.2) is 0 Å². The summed E-state index contributed by atoms with van der Waals surface area (Å²) in [5, 5.41) is 15.6. The number of carbonyl (C=O) groups excluding carboxylic acids is 2. The van der Waals surface area contributed by atoms with Crippen molar-refractivity contribution in [3.8, 4) is 0 Å². The van der Waals surface area contributed by atoms with Crippen LogP contribution in [0.25, 0.3) is 0 Å². The average Bonchev–Trinajstić information content (AvgIpc) is 3.19. The third-order valence-corrected chi connectivity index (χ3v) is 7.33. The number of amides is 2. The molecular formula is C23H24BrCl2N5O2S. The molecule has 11 heteroatoms. The lowest BCUT2D eigenvalue weighted by atomic mass is 10.1. The molecule has 180 valence electrons. The van der Waals surface area contributed by atoms with E-state index in [1.165, 1.54) is 17.8 Å². The first-order valence-corrected chi connectivity index (χ1v) is 13.0. The monoisotopic (exact) mass is 583 g/mol. The number of aromatic nitrogens is 3. The second-order valence-corrected chi connectivity index (χ2v) is 10.3. The molecule has 0 spiro atoms. The van der Waals surface area contributed by atoms with Crippen LogP contribution >= 0.6 is 50.9 Å². The average molecular weight is 585 g/mol.